The second kappa shape index (κ2) is 3.96. The maximum atomic E-state index is 10.4. The molecule has 0 aliphatic heterocycles. The Morgan fingerprint density at radius 2 is 1.75 bits per heavy atom. The molecule has 0 heterocycles. The van der Waals surface area contributed by atoms with Crippen molar-refractivity contribution in [3.05, 3.63) is 20.2 Å². The molecule has 0 aromatic carbocycles. The predicted octanol–water partition coefficient (Wildman–Crippen LogP) is -0.134. The van der Waals surface area contributed by atoms with Crippen molar-refractivity contribution in [1.29, 1.82) is 0 Å². The van der Waals surface area contributed by atoms with Crippen LogP contribution in [0.15, 0.2) is 0 Å². The standard InChI is InChI=1S/C5H11N3O4/c1-3-5(4-6-2,7(9)10)8(11)12/h6H,3-4H2,1-2H3. The predicted molar refractivity (Wildman–Crippen MR) is 40.9 cm³/mol. The molecule has 0 bridgehead atoms. The SMILES string of the molecule is CCC(CNC)([N+](=O)[O-])[N+](=O)[O-]. The first-order valence-corrected chi connectivity index (χ1v) is 3.45. The van der Waals surface area contributed by atoms with Gasteiger partial charge >= 0.3 is 5.66 Å². The van der Waals surface area contributed by atoms with Crippen molar-refractivity contribution in [1.82, 2.24) is 5.32 Å². The minimum Gasteiger partial charge on any atom is -0.307 e. The minimum absolute atomic E-state index is 0.131. The third-order valence-electron chi connectivity index (χ3n) is 1.71. The average molecular weight is 177 g/mol. The van der Waals surface area contributed by atoms with Gasteiger partial charge in [-0.1, -0.05) is 6.92 Å². The molecule has 12 heavy (non-hydrogen) atoms. The summed E-state index contributed by atoms with van der Waals surface area (Å²) >= 11 is 0. The first-order valence-electron chi connectivity index (χ1n) is 3.45. The fraction of sp³-hybridized carbons (Fsp3) is 1.00. The van der Waals surface area contributed by atoms with Crippen LogP contribution in [0.3, 0.4) is 0 Å². The van der Waals surface area contributed by atoms with E-state index in [2.05, 4.69) is 5.32 Å². The summed E-state index contributed by atoms with van der Waals surface area (Å²) in [5.74, 6) is 0. The number of nitrogens with zero attached hydrogens (tertiary/aromatic N) is 2. The van der Waals surface area contributed by atoms with Crippen molar-refractivity contribution in [2.24, 2.45) is 0 Å². The Hall–Kier alpha value is -1.24. The van der Waals surface area contributed by atoms with Crippen molar-refractivity contribution in [3.63, 3.8) is 0 Å². The number of nitro groups is 2. The molecule has 7 nitrogen and oxygen atoms in total. The maximum absolute atomic E-state index is 10.4. The molecular formula is C5H11N3O4. The smallest absolute Gasteiger partial charge is 0.307 e. The van der Waals surface area contributed by atoms with E-state index in [1.165, 1.54) is 14.0 Å². The van der Waals surface area contributed by atoms with Crippen LogP contribution < -0.4 is 5.32 Å². The van der Waals surface area contributed by atoms with E-state index < -0.39 is 15.5 Å². The Kier molecular flexibility index (Phi) is 3.55. The van der Waals surface area contributed by atoms with Gasteiger partial charge in [-0.05, 0) is 7.05 Å². The van der Waals surface area contributed by atoms with Gasteiger partial charge in [0.2, 0.25) is 0 Å². The molecule has 0 rings (SSSR count). The number of likely N-dealkylation sites (N-methyl/N-ethyl adjacent to an activating group) is 1. The molecule has 0 aliphatic rings. The van der Waals surface area contributed by atoms with Gasteiger partial charge in [0, 0.05) is 0 Å². The van der Waals surface area contributed by atoms with Crippen molar-refractivity contribution in [2.45, 2.75) is 19.0 Å². The molecule has 0 saturated carbocycles. The molecule has 0 amide bonds. The van der Waals surface area contributed by atoms with Crippen LogP contribution in [-0.2, 0) is 0 Å². The van der Waals surface area contributed by atoms with Crippen molar-refractivity contribution >= 4 is 0 Å². The lowest BCUT2D eigenvalue weighted by atomic mass is 10.1. The largest absolute Gasteiger partial charge is 0.470 e. The number of hydrogen-bond donors (Lipinski definition) is 1. The van der Waals surface area contributed by atoms with Crippen LogP contribution in [-0.4, -0.2) is 29.1 Å². The fourth-order valence-corrected chi connectivity index (χ4v) is 0.862. The topological polar surface area (TPSA) is 98.3 Å². The lowest BCUT2D eigenvalue weighted by molar-refractivity contribution is -0.794. The highest BCUT2D eigenvalue weighted by Crippen LogP contribution is 2.14. The first-order chi connectivity index (χ1) is 5.51. The highest BCUT2D eigenvalue weighted by Gasteiger charge is 2.53. The van der Waals surface area contributed by atoms with Gasteiger partial charge in [0.05, 0.1) is 16.3 Å². The highest BCUT2D eigenvalue weighted by molar-refractivity contribution is 4.66. The zero-order valence-electron chi connectivity index (χ0n) is 6.94. The summed E-state index contributed by atoms with van der Waals surface area (Å²) in [5, 5.41) is 23.3. The minimum atomic E-state index is -2.07. The molecule has 0 saturated heterocycles. The van der Waals surface area contributed by atoms with Crippen LogP contribution in [0.25, 0.3) is 0 Å². The van der Waals surface area contributed by atoms with Crippen LogP contribution in [0.1, 0.15) is 13.3 Å². The zero-order valence-corrected chi connectivity index (χ0v) is 6.94. The second-order valence-corrected chi connectivity index (χ2v) is 2.38. The van der Waals surface area contributed by atoms with E-state index in [9.17, 15) is 20.2 Å². The molecule has 70 valence electrons. The van der Waals surface area contributed by atoms with Crippen LogP contribution >= 0.6 is 0 Å². The molecule has 1 N–H and O–H groups in total. The quantitative estimate of drug-likeness (QED) is 0.358. The molecule has 0 atom stereocenters. The Bertz CT molecular complexity index is 179. The summed E-state index contributed by atoms with van der Waals surface area (Å²) in [6.07, 6.45) is -0.131. The molecule has 7 heteroatoms. The number of nitrogens with one attached hydrogen (secondary N) is 1. The first kappa shape index (κ1) is 10.8. The van der Waals surface area contributed by atoms with Gasteiger partial charge in [-0.2, -0.15) is 0 Å². The van der Waals surface area contributed by atoms with E-state index in [0.29, 0.717) is 0 Å². The number of hydrogen-bond acceptors (Lipinski definition) is 5. The van der Waals surface area contributed by atoms with E-state index in [4.69, 9.17) is 0 Å². The van der Waals surface area contributed by atoms with E-state index in [0.717, 1.165) is 0 Å². The molecule has 0 fully saturated rings. The van der Waals surface area contributed by atoms with Crippen LogP contribution in [0.5, 0.6) is 0 Å². The Morgan fingerprint density at radius 1 is 1.33 bits per heavy atom. The molecule has 0 aliphatic carbocycles. The average Bonchev–Trinajstić information content (AvgIpc) is 1.98. The molecule has 0 unspecified atom stereocenters. The van der Waals surface area contributed by atoms with E-state index in [1.807, 2.05) is 0 Å². The third-order valence-corrected chi connectivity index (χ3v) is 1.71. The Labute approximate surface area is 69.1 Å². The zero-order chi connectivity index (χ0) is 9.78. The molecule has 0 aromatic heterocycles. The Balaban J connectivity index is 4.76. The fourth-order valence-electron chi connectivity index (χ4n) is 0.862. The van der Waals surface area contributed by atoms with E-state index in [-0.39, 0.29) is 13.0 Å². The third kappa shape index (κ3) is 1.67. The van der Waals surface area contributed by atoms with Crippen LogP contribution in [0.2, 0.25) is 0 Å². The van der Waals surface area contributed by atoms with Crippen molar-refractivity contribution < 1.29 is 9.85 Å². The molecule has 0 radical (unpaired) electrons. The van der Waals surface area contributed by atoms with Gasteiger partial charge in [-0.3, -0.25) is 20.2 Å². The maximum Gasteiger partial charge on any atom is 0.470 e. The van der Waals surface area contributed by atoms with Crippen molar-refractivity contribution in [3.8, 4) is 0 Å². The summed E-state index contributed by atoms with van der Waals surface area (Å²) in [4.78, 5) is 19.1. The summed E-state index contributed by atoms with van der Waals surface area (Å²) in [6.45, 7) is 1.16. The van der Waals surface area contributed by atoms with Gasteiger partial charge in [0.25, 0.3) is 0 Å². The van der Waals surface area contributed by atoms with Gasteiger partial charge in [-0.15, -0.1) is 0 Å². The van der Waals surface area contributed by atoms with E-state index >= 15 is 0 Å². The summed E-state index contributed by atoms with van der Waals surface area (Å²) in [5.41, 5.74) is -2.07. The highest BCUT2D eigenvalue weighted by atomic mass is 16.7. The molecule has 0 spiro atoms. The molecular weight excluding hydrogens is 166 g/mol. The van der Waals surface area contributed by atoms with Crippen LogP contribution in [0, 0.1) is 20.2 Å². The van der Waals surface area contributed by atoms with E-state index in [1.54, 1.807) is 0 Å². The van der Waals surface area contributed by atoms with Gasteiger partial charge in [-0.25, -0.2) is 0 Å². The van der Waals surface area contributed by atoms with Crippen molar-refractivity contribution in [2.75, 3.05) is 13.6 Å². The normalized spacial score (nSPS) is 11.2. The van der Waals surface area contributed by atoms with Gasteiger partial charge in [0.15, 0.2) is 0 Å². The Morgan fingerprint density at radius 3 is 1.83 bits per heavy atom. The monoisotopic (exact) mass is 177 g/mol. The summed E-state index contributed by atoms with van der Waals surface area (Å²) in [7, 11) is 1.44. The summed E-state index contributed by atoms with van der Waals surface area (Å²) in [6, 6.07) is 0. The lowest BCUT2D eigenvalue weighted by Gasteiger charge is -2.14. The summed E-state index contributed by atoms with van der Waals surface area (Å²) < 4.78 is 0. The molecule has 0 aromatic rings. The van der Waals surface area contributed by atoms with Gasteiger partial charge < -0.3 is 5.32 Å². The number of rotatable bonds is 5. The second-order valence-electron chi connectivity index (χ2n) is 2.38. The van der Waals surface area contributed by atoms with Gasteiger partial charge in [0.1, 0.15) is 6.54 Å². The van der Waals surface area contributed by atoms with Crippen LogP contribution in [0.4, 0.5) is 0 Å². The lowest BCUT2D eigenvalue weighted by Crippen LogP contribution is -2.52.